The van der Waals surface area contributed by atoms with Crippen molar-refractivity contribution in [1.29, 1.82) is 0 Å². The molecule has 1 aliphatic heterocycles. The molecule has 24 heavy (non-hydrogen) atoms. The average molecular weight is 353 g/mol. The van der Waals surface area contributed by atoms with E-state index in [-0.39, 0.29) is 10.8 Å². The lowest BCUT2D eigenvalue weighted by molar-refractivity contribution is 0.0762. The third-order valence-corrected chi connectivity index (χ3v) is 6.38. The van der Waals surface area contributed by atoms with Gasteiger partial charge in [0.05, 0.1) is 4.90 Å². The summed E-state index contributed by atoms with van der Waals surface area (Å²) in [6.45, 7) is 6.50. The molecule has 0 saturated carbocycles. The summed E-state index contributed by atoms with van der Waals surface area (Å²) in [6, 6.07) is 6.48. The first-order valence-corrected chi connectivity index (χ1v) is 10.3. The van der Waals surface area contributed by atoms with Gasteiger partial charge in [-0.05, 0) is 44.4 Å². The molecule has 1 amide bonds. The minimum Gasteiger partial charge on any atom is -0.339 e. The molecular weight excluding hydrogens is 324 g/mol. The van der Waals surface area contributed by atoms with Gasteiger partial charge >= 0.3 is 0 Å². The Labute approximate surface area is 145 Å². The molecule has 1 aromatic carbocycles. The summed E-state index contributed by atoms with van der Waals surface area (Å²) in [4.78, 5) is 14.7. The highest BCUT2D eigenvalue weighted by molar-refractivity contribution is 7.89. The van der Waals surface area contributed by atoms with E-state index < -0.39 is 10.0 Å². The number of hydrogen-bond acceptors (Lipinski definition) is 3. The van der Waals surface area contributed by atoms with E-state index in [1.807, 2.05) is 6.92 Å². The van der Waals surface area contributed by atoms with Gasteiger partial charge < -0.3 is 4.90 Å². The van der Waals surface area contributed by atoms with Gasteiger partial charge in [0, 0.05) is 31.7 Å². The fraction of sp³-hybridized carbons (Fsp3) is 0.611. The average Bonchev–Trinajstić information content (AvgIpc) is 2.63. The third kappa shape index (κ3) is 4.36. The van der Waals surface area contributed by atoms with Crippen LogP contribution in [0.1, 0.15) is 56.3 Å². The van der Waals surface area contributed by atoms with Crippen molar-refractivity contribution < 1.29 is 13.2 Å². The number of carbonyl (C=O) groups excluding carboxylic acids is 1. The number of amides is 1. The number of carbonyl (C=O) groups is 1. The molecule has 0 aliphatic carbocycles. The maximum atomic E-state index is 12.8. The number of sulfonamides is 1. The molecule has 0 aromatic heterocycles. The van der Waals surface area contributed by atoms with Crippen molar-refractivity contribution in [1.82, 2.24) is 9.21 Å². The number of benzene rings is 1. The van der Waals surface area contributed by atoms with E-state index in [4.69, 9.17) is 0 Å². The van der Waals surface area contributed by atoms with E-state index in [1.165, 1.54) is 10.4 Å². The monoisotopic (exact) mass is 352 g/mol. The van der Waals surface area contributed by atoms with E-state index in [1.54, 1.807) is 23.1 Å². The molecule has 1 saturated heterocycles. The zero-order valence-corrected chi connectivity index (χ0v) is 15.5. The van der Waals surface area contributed by atoms with Gasteiger partial charge in [0.1, 0.15) is 0 Å². The summed E-state index contributed by atoms with van der Waals surface area (Å²) in [5, 5.41) is 0. The molecule has 0 N–H and O–H groups in total. The van der Waals surface area contributed by atoms with E-state index in [0.29, 0.717) is 31.7 Å². The predicted molar refractivity (Wildman–Crippen MR) is 95.5 cm³/mol. The lowest BCUT2D eigenvalue weighted by atomic mass is 10.2. The van der Waals surface area contributed by atoms with Crippen LogP contribution < -0.4 is 0 Å². The molecule has 0 unspecified atom stereocenters. The second-order valence-corrected chi connectivity index (χ2v) is 8.17. The molecule has 1 aliphatic rings. The molecule has 1 aromatic rings. The van der Waals surface area contributed by atoms with Crippen molar-refractivity contribution in [2.24, 2.45) is 0 Å². The zero-order chi connectivity index (χ0) is 17.6. The highest BCUT2D eigenvalue weighted by Gasteiger charge is 2.26. The van der Waals surface area contributed by atoms with Crippen LogP contribution in [0.25, 0.3) is 0 Å². The number of unbranched alkanes of at least 4 members (excludes halogenated alkanes) is 1. The molecule has 1 fully saturated rings. The van der Waals surface area contributed by atoms with Crippen molar-refractivity contribution in [2.45, 2.75) is 50.8 Å². The molecular formula is C18H28N2O3S. The molecule has 5 nitrogen and oxygen atoms in total. The summed E-state index contributed by atoms with van der Waals surface area (Å²) >= 11 is 0. The number of rotatable bonds is 7. The Balaban J connectivity index is 2.22. The second kappa shape index (κ2) is 8.62. The van der Waals surface area contributed by atoms with Gasteiger partial charge in [-0.25, -0.2) is 8.42 Å². The van der Waals surface area contributed by atoms with Crippen LogP contribution in [0.5, 0.6) is 0 Å². The van der Waals surface area contributed by atoms with Gasteiger partial charge in [-0.1, -0.05) is 25.8 Å². The maximum absolute atomic E-state index is 12.8. The van der Waals surface area contributed by atoms with Gasteiger partial charge in [0.25, 0.3) is 5.91 Å². The minimum absolute atomic E-state index is 0.0957. The third-order valence-electron chi connectivity index (χ3n) is 4.48. The number of piperidine rings is 1. The Morgan fingerprint density at radius 2 is 1.88 bits per heavy atom. The second-order valence-electron chi connectivity index (χ2n) is 6.23. The first kappa shape index (κ1) is 18.9. The minimum atomic E-state index is -3.50. The first-order valence-electron chi connectivity index (χ1n) is 8.90. The predicted octanol–water partition coefficient (Wildman–Crippen LogP) is 3.12. The number of nitrogens with zero attached hydrogens (tertiary/aromatic N) is 2. The summed E-state index contributed by atoms with van der Waals surface area (Å²) in [7, 11) is -3.50. The van der Waals surface area contributed by atoms with Crippen LogP contribution in [0.15, 0.2) is 29.2 Å². The topological polar surface area (TPSA) is 57.7 Å². The highest BCUT2D eigenvalue weighted by atomic mass is 32.2. The molecule has 0 atom stereocenters. The molecule has 6 heteroatoms. The molecule has 2 rings (SSSR count). The SMILES string of the molecule is CCCCN(CC)C(=O)c1cccc(S(=O)(=O)N2CCCCC2)c1. The number of hydrogen-bond donors (Lipinski definition) is 0. The Bertz CT molecular complexity index is 652. The van der Waals surface area contributed by atoms with Gasteiger partial charge in [0.2, 0.25) is 10.0 Å². The van der Waals surface area contributed by atoms with E-state index in [9.17, 15) is 13.2 Å². The Kier molecular flexibility index (Phi) is 6.80. The molecule has 0 spiro atoms. The largest absolute Gasteiger partial charge is 0.339 e. The Morgan fingerprint density at radius 1 is 1.17 bits per heavy atom. The fourth-order valence-corrected chi connectivity index (χ4v) is 4.54. The Morgan fingerprint density at radius 3 is 2.50 bits per heavy atom. The van der Waals surface area contributed by atoms with Gasteiger partial charge in [0.15, 0.2) is 0 Å². The maximum Gasteiger partial charge on any atom is 0.253 e. The summed E-state index contributed by atoms with van der Waals surface area (Å²) in [6.07, 6.45) is 4.85. The van der Waals surface area contributed by atoms with Crippen LogP contribution in [0.2, 0.25) is 0 Å². The van der Waals surface area contributed by atoms with E-state index in [2.05, 4.69) is 6.92 Å². The van der Waals surface area contributed by atoms with Crippen molar-refractivity contribution in [3.63, 3.8) is 0 Å². The van der Waals surface area contributed by atoms with Gasteiger partial charge in [-0.3, -0.25) is 4.79 Å². The molecule has 1 heterocycles. The molecule has 134 valence electrons. The van der Waals surface area contributed by atoms with E-state index in [0.717, 1.165) is 32.1 Å². The van der Waals surface area contributed by atoms with Crippen molar-refractivity contribution in [2.75, 3.05) is 26.2 Å². The quantitative estimate of drug-likeness (QED) is 0.757. The summed E-state index contributed by atoms with van der Waals surface area (Å²) in [5.74, 6) is -0.0957. The van der Waals surface area contributed by atoms with Gasteiger partial charge in [-0.2, -0.15) is 4.31 Å². The van der Waals surface area contributed by atoms with Crippen LogP contribution in [0.4, 0.5) is 0 Å². The van der Waals surface area contributed by atoms with Crippen molar-refractivity contribution in [3.05, 3.63) is 29.8 Å². The normalized spacial score (nSPS) is 16.1. The zero-order valence-electron chi connectivity index (χ0n) is 14.7. The first-order chi connectivity index (χ1) is 11.5. The standard InChI is InChI=1S/C18H28N2O3S/c1-3-5-12-19(4-2)18(21)16-10-9-11-17(15-16)24(22,23)20-13-7-6-8-14-20/h9-11,15H,3-8,12-14H2,1-2H3. The van der Waals surface area contributed by atoms with Crippen LogP contribution >= 0.6 is 0 Å². The summed E-state index contributed by atoms with van der Waals surface area (Å²) in [5.41, 5.74) is 0.450. The fourth-order valence-electron chi connectivity index (χ4n) is 2.98. The van der Waals surface area contributed by atoms with E-state index >= 15 is 0 Å². The Hall–Kier alpha value is -1.40. The van der Waals surface area contributed by atoms with Crippen LogP contribution in [0, 0.1) is 0 Å². The van der Waals surface area contributed by atoms with Gasteiger partial charge in [-0.15, -0.1) is 0 Å². The summed E-state index contributed by atoms with van der Waals surface area (Å²) < 4.78 is 27.1. The smallest absolute Gasteiger partial charge is 0.253 e. The van der Waals surface area contributed by atoms with Crippen LogP contribution in [0.3, 0.4) is 0 Å². The molecule has 0 bridgehead atoms. The van der Waals surface area contributed by atoms with Crippen LogP contribution in [-0.4, -0.2) is 49.7 Å². The van der Waals surface area contributed by atoms with Crippen molar-refractivity contribution in [3.8, 4) is 0 Å². The lowest BCUT2D eigenvalue weighted by Gasteiger charge is -2.26. The highest BCUT2D eigenvalue weighted by Crippen LogP contribution is 2.22. The lowest BCUT2D eigenvalue weighted by Crippen LogP contribution is -2.36. The van der Waals surface area contributed by atoms with Crippen LogP contribution in [-0.2, 0) is 10.0 Å². The molecule has 0 radical (unpaired) electrons. The van der Waals surface area contributed by atoms with Crippen molar-refractivity contribution >= 4 is 15.9 Å².